The highest BCUT2D eigenvalue weighted by molar-refractivity contribution is 7.87. The smallest absolute Gasteiger partial charge is 0.280 e. The highest BCUT2D eigenvalue weighted by Gasteiger charge is 2.40. The van der Waals surface area contributed by atoms with Gasteiger partial charge in [-0.15, -0.1) is 0 Å². The zero-order chi connectivity index (χ0) is 30.0. The van der Waals surface area contributed by atoms with Gasteiger partial charge < -0.3 is 14.8 Å². The van der Waals surface area contributed by atoms with Crippen molar-refractivity contribution in [3.63, 3.8) is 0 Å². The predicted octanol–water partition coefficient (Wildman–Crippen LogP) is 4.63. The Kier molecular flexibility index (Phi) is 11.1. The molecule has 10 heteroatoms. The molecule has 1 fully saturated rings. The average Bonchev–Trinajstić information content (AvgIpc) is 3.03. The molecular weight excluding hydrogens is 552 g/mol. The second-order valence-corrected chi connectivity index (χ2v) is 12.4. The van der Waals surface area contributed by atoms with Crippen LogP contribution in [0.3, 0.4) is 0 Å². The van der Waals surface area contributed by atoms with Crippen molar-refractivity contribution in [3.05, 3.63) is 95.8 Å². The largest absolute Gasteiger partial charge is 0.496 e. The van der Waals surface area contributed by atoms with Gasteiger partial charge in [0, 0.05) is 44.0 Å². The van der Waals surface area contributed by atoms with Crippen LogP contribution in [0.2, 0.25) is 0 Å². The Morgan fingerprint density at radius 3 is 2.33 bits per heavy atom. The number of nitrogens with one attached hydrogen (secondary N) is 2. The zero-order valence-electron chi connectivity index (χ0n) is 24.7. The van der Waals surface area contributed by atoms with E-state index in [0.717, 1.165) is 24.0 Å². The summed E-state index contributed by atoms with van der Waals surface area (Å²) in [6, 6.07) is 20.5. The number of benzene rings is 2. The molecule has 0 spiro atoms. The van der Waals surface area contributed by atoms with Gasteiger partial charge in [0.05, 0.1) is 25.3 Å². The number of hydrogen-bond donors (Lipinski definition) is 2. The van der Waals surface area contributed by atoms with E-state index in [2.05, 4.69) is 27.2 Å². The van der Waals surface area contributed by atoms with Crippen LogP contribution >= 0.6 is 0 Å². The van der Waals surface area contributed by atoms with E-state index < -0.39 is 10.2 Å². The number of methoxy groups -OCH3 is 2. The molecule has 226 valence electrons. The van der Waals surface area contributed by atoms with Gasteiger partial charge in [-0.25, -0.2) is 0 Å². The monoisotopic (exact) mass is 594 g/mol. The fourth-order valence-electron chi connectivity index (χ4n) is 5.92. The summed E-state index contributed by atoms with van der Waals surface area (Å²) in [5, 5.41) is 3.14. The highest BCUT2D eigenvalue weighted by atomic mass is 32.2. The summed E-state index contributed by atoms with van der Waals surface area (Å²) in [6.07, 6.45) is 6.70. The third kappa shape index (κ3) is 7.55. The fraction of sp³-hybridized carbons (Fsp3) is 0.438. The Morgan fingerprint density at radius 1 is 1.02 bits per heavy atom. The van der Waals surface area contributed by atoms with E-state index in [1.165, 1.54) is 4.31 Å². The van der Waals surface area contributed by atoms with Gasteiger partial charge in [-0.1, -0.05) is 49.4 Å². The van der Waals surface area contributed by atoms with E-state index in [1.54, 1.807) is 38.7 Å². The Labute approximate surface area is 249 Å². The van der Waals surface area contributed by atoms with E-state index in [1.807, 2.05) is 49.4 Å². The molecule has 4 rings (SSSR count). The molecule has 1 aliphatic carbocycles. The molecule has 2 aromatic carbocycles. The molecule has 42 heavy (non-hydrogen) atoms. The summed E-state index contributed by atoms with van der Waals surface area (Å²) in [5.74, 6) is 0.332. The predicted molar refractivity (Wildman–Crippen MR) is 164 cm³/mol. The Balaban J connectivity index is 1.49. The summed E-state index contributed by atoms with van der Waals surface area (Å²) < 4.78 is 42.8. The number of nitrogens with zero attached hydrogens (tertiary/aromatic N) is 2. The molecule has 2 N–H and O–H groups in total. The van der Waals surface area contributed by atoms with E-state index >= 15 is 0 Å². The molecule has 1 amide bonds. The highest BCUT2D eigenvalue weighted by Crippen LogP contribution is 2.40. The Bertz CT molecular complexity index is 1380. The van der Waals surface area contributed by atoms with Crippen molar-refractivity contribution in [2.75, 3.05) is 33.9 Å². The molecule has 1 aliphatic rings. The minimum Gasteiger partial charge on any atom is -0.496 e. The minimum atomic E-state index is -3.83. The van der Waals surface area contributed by atoms with E-state index in [0.29, 0.717) is 37.1 Å². The van der Waals surface area contributed by atoms with E-state index in [4.69, 9.17) is 9.47 Å². The first-order chi connectivity index (χ1) is 20.3. The maximum Gasteiger partial charge on any atom is 0.280 e. The van der Waals surface area contributed by atoms with Crippen LogP contribution in [0.4, 0.5) is 0 Å². The third-order valence-corrected chi connectivity index (χ3v) is 9.92. The summed E-state index contributed by atoms with van der Waals surface area (Å²) >= 11 is 0. The molecule has 0 bridgehead atoms. The first-order valence-electron chi connectivity index (χ1n) is 14.5. The van der Waals surface area contributed by atoms with Crippen molar-refractivity contribution in [2.24, 2.45) is 0 Å². The van der Waals surface area contributed by atoms with Crippen LogP contribution in [0.15, 0.2) is 79.1 Å². The molecule has 0 saturated heterocycles. The van der Waals surface area contributed by atoms with Crippen molar-refractivity contribution in [3.8, 4) is 5.75 Å². The lowest BCUT2D eigenvalue weighted by Gasteiger charge is -2.41. The SMILES string of the molecule is CCC(c1ccncc1)N(CCOC)S(=O)(=O)N[C@H]1CC[C@](CNC(=O)c2ccccc2OC)(c2ccccc2)CC1. The lowest BCUT2D eigenvalue weighted by atomic mass is 9.68. The summed E-state index contributed by atoms with van der Waals surface area (Å²) in [4.78, 5) is 17.2. The summed E-state index contributed by atoms with van der Waals surface area (Å²) in [6.45, 7) is 2.94. The fourth-order valence-corrected chi connectivity index (χ4v) is 7.63. The van der Waals surface area contributed by atoms with Crippen molar-refractivity contribution in [2.45, 2.75) is 56.5 Å². The standard InChI is InChI=1S/C32H42N4O5S/c1-4-29(25-16-20-33-21-17-25)36(22-23-40-2)42(38,39)35-27-14-18-32(19-15-27,26-10-6-5-7-11-26)24-34-31(37)28-12-8-9-13-30(28)41-3/h5-13,16-17,20-21,27,29,35H,4,14-15,18-19,22-24H2,1-3H3,(H,34,37)/t27-,29?,32-. The first-order valence-corrected chi connectivity index (χ1v) is 15.9. The normalized spacial score (nSPS) is 19.8. The second kappa shape index (κ2) is 14.7. The molecule has 0 radical (unpaired) electrons. The van der Waals surface area contributed by atoms with Crippen LogP contribution in [0, 0.1) is 0 Å². The lowest BCUT2D eigenvalue weighted by Crippen LogP contribution is -2.51. The topological polar surface area (TPSA) is 110 Å². The van der Waals surface area contributed by atoms with Gasteiger partial charge in [-0.05, 0) is 67.5 Å². The van der Waals surface area contributed by atoms with Crippen LogP contribution in [-0.4, -0.2) is 63.6 Å². The summed E-state index contributed by atoms with van der Waals surface area (Å²) in [5.41, 5.74) is 2.20. The number of ether oxygens (including phenoxy) is 2. The average molecular weight is 595 g/mol. The lowest BCUT2D eigenvalue weighted by molar-refractivity contribution is 0.0932. The van der Waals surface area contributed by atoms with Gasteiger partial charge in [0.1, 0.15) is 5.75 Å². The van der Waals surface area contributed by atoms with Gasteiger partial charge in [0.2, 0.25) is 0 Å². The third-order valence-electron chi connectivity index (χ3n) is 8.23. The quantitative estimate of drug-likeness (QED) is 0.282. The molecule has 9 nitrogen and oxygen atoms in total. The van der Waals surface area contributed by atoms with Crippen LogP contribution in [0.25, 0.3) is 0 Å². The van der Waals surface area contributed by atoms with Gasteiger partial charge in [-0.3, -0.25) is 9.78 Å². The van der Waals surface area contributed by atoms with Crippen LogP contribution in [0.1, 0.15) is 66.6 Å². The molecular formula is C32H42N4O5S. The number of carbonyl (C=O) groups excluding carboxylic acids is 1. The van der Waals surface area contributed by atoms with Crippen molar-refractivity contribution >= 4 is 16.1 Å². The number of para-hydroxylation sites is 1. The van der Waals surface area contributed by atoms with Crippen LogP contribution < -0.4 is 14.8 Å². The number of rotatable bonds is 14. The van der Waals surface area contributed by atoms with E-state index in [9.17, 15) is 13.2 Å². The van der Waals surface area contributed by atoms with Crippen LogP contribution in [-0.2, 0) is 20.4 Å². The Morgan fingerprint density at radius 2 is 1.69 bits per heavy atom. The maximum absolute atomic E-state index is 13.8. The van der Waals surface area contributed by atoms with Crippen molar-refractivity contribution in [1.29, 1.82) is 0 Å². The van der Waals surface area contributed by atoms with Gasteiger partial charge in [0.15, 0.2) is 0 Å². The van der Waals surface area contributed by atoms with E-state index in [-0.39, 0.29) is 36.6 Å². The molecule has 1 aromatic heterocycles. The number of carbonyl (C=O) groups is 1. The minimum absolute atomic E-state index is 0.193. The molecule has 1 atom stereocenters. The molecule has 0 aliphatic heterocycles. The van der Waals surface area contributed by atoms with Crippen LogP contribution in [0.5, 0.6) is 5.75 Å². The van der Waals surface area contributed by atoms with Gasteiger partial charge >= 0.3 is 0 Å². The maximum atomic E-state index is 13.8. The first kappa shape index (κ1) is 31.6. The molecule has 1 unspecified atom stereocenters. The molecule has 1 saturated carbocycles. The number of aromatic nitrogens is 1. The number of hydrogen-bond acceptors (Lipinski definition) is 6. The van der Waals surface area contributed by atoms with Gasteiger partial charge in [0.25, 0.3) is 16.1 Å². The number of pyridine rings is 1. The molecule has 3 aromatic rings. The number of amides is 1. The van der Waals surface area contributed by atoms with Crippen molar-refractivity contribution in [1.82, 2.24) is 19.3 Å². The molecule has 1 heterocycles. The second-order valence-electron chi connectivity index (χ2n) is 10.7. The van der Waals surface area contributed by atoms with Gasteiger partial charge in [-0.2, -0.15) is 17.4 Å². The zero-order valence-corrected chi connectivity index (χ0v) is 25.5. The summed E-state index contributed by atoms with van der Waals surface area (Å²) in [7, 11) is -0.702. The Hall–Kier alpha value is -3.31. The van der Waals surface area contributed by atoms with Crippen molar-refractivity contribution < 1.29 is 22.7 Å².